The van der Waals surface area contributed by atoms with Gasteiger partial charge < -0.3 is 5.32 Å². The number of nitrogens with one attached hydrogen (secondary N) is 1. The van der Waals surface area contributed by atoms with Crippen molar-refractivity contribution in [1.29, 1.82) is 0 Å². The second-order valence-corrected chi connectivity index (χ2v) is 4.62. The van der Waals surface area contributed by atoms with E-state index < -0.39 is 5.38 Å². The molecule has 0 aromatic heterocycles. The van der Waals surface area contributed by atoms with Crippen LogP contribution in [0.4, 0.5) is 4.39 Å². The Labute approximate surface area is 107 Å². The van der Waals surface area contributed by atoms with Crippen LogP contribution in [0.1, 0.15) is 24.3 Å². The summed E-state index contributed by atoms with van der Waals surface area (Å²) in [5.41, 5.74) is 0.573. The number of hydrogen-bond donors (Lipinski definition) is 1. The van der Waals surface area contributed by atoms with E-state index in [9.17, 15) is 9.18 Å². The molecule has 0 heterocycles. The number of benzene rings is 1. The summed E-state index contributed by atoms with van der Waals surface area (Å²) >= 11 is 9.01. The van der Waals surface area contributed by atoms with Gasteiger partial charge in [0.25, 0.3) is 0 Å². The fourth-order valence-corrected chi connectivity index (χ4v) is 1.77. The minimum absolute atomic E-state index is 0.262. The monoisotopic (exact) mass is 307 g/mol. The van der Waals surface area contributed by atoms with Gasteiger partial charge in [0.2, 0.25) is 5.91 Å². The van der Waals surface area contributed by atoms with Gasteiger partial charge >= 0.3 is 0 Å². The molecule has 1 aromatic rings. The van der Waals surface area contributed by atoms with Gasteiger partial charge in [0.1, 0.15) is 11.2 Å². The maximum atomic E-state index is 13.0. The molecule has 1 N–H and O–H groups in total. The topological polar surface area (TPSA) is 29.1 Å². The maximum absolute atomic E-state index is 13.0. The van der Waals surface area contributed by atoms with E-state index in [0.717, 1.165) is 6.42 Å². The lowest BCUT2D eigenvalue weighted by Gasteiger charge is -2.10. The van der Waals surface area contributed by atoms with Gasteiger partial charge in [0.05, 0.1) is 4.47 Å². The minimum Gasteiger partial charge on any atom is -0.355 e. The molecule has 0 aliphatic rings. The van der Waals surface area contributed by atoms with Crippen molar-refractivity contribution >= 4 is 33.4 Å². The summed E-state index contributed by atoms with van der Waals surface area (Å²) in [5, 5.41) is 1.90. The van der Waals surface area contributed by atoms with Gasteiger partial charge in [-0.15, -0.1) is 11.6 Å². The third-order valence-corrected chi connectivity index (χ3v) is 3.07. The molecule has 0 radical (unpaired) electrons. The SMILES string of the molecule is CCCNC(=O)C(Cl)c1ccc(F)c(Br)c1. The molecule has 0 saturated heterocycles. The van der Waals surface area contributed by atoms with E-state index in [1.807, 2.05) is 6.92 Å². The predicted molar refractivity (Wildman–Crippen MR) is 66.0 cm³/mol. The molecular weight excluding hydrogens is 296 g/mol. The summed E-state index contributed by atoms with van der Waals surface area (Å²) in [6.07, 6.45) is 0.850. The van der Waals surface area contributed by atoms with Crippen LogP contribution in [0.3, 0.4) is 0 Å². The summed E-state index contributed by atoms with van der Waals surface area (Å²) in [6.45, 7) is 2.54. The molecule has 88 valence electrons. The fourth-order valence-electron chi connectivity index (χ4n) is 1.16. The van der Waals surface area contributed by atoms with E-state index in [1.54, 1.807) is 0 Å². The lowest BCUT2D eigenvalue weighted by molar-refractivity contribution is -0.120. The van der Waals surface area contributed by atoms with Crippen LogP contribution in [0.5, 0.6) is 0 Å². The molecule has 1 unspecified atom stereocenters. The van der Waals surface area contributed by atoms with Crippen LogP contribution in [0, 0.1) is 5.82 Å². The third-order valence-electron chi connectivity index (χ3n) is 2.02. The Balaban J connectivity index is 2.75. The lowest BCUT2D eigenvalue weighted by Crippen LogP contribution is -2.27. The third kappa shape index (κ3) is 3.46. The number of rotatable bonds is 4. The molecular formula is C11H12BrClFNO. The van der Waals surface area contributed by atoms with Gasteiger partial charge in [-0.2, -0.15) is 0 Å². The summed E-state index contributed by atoms with van der Waals surface area (Å²) in [7, 11) is 0. The number of hydrogen-bond acceptors (Lipinski definition) is 1. The molecule has 1 atom stereocenters. The standard InChI is InChI=1S/C11H12BrClFNO/c1-2-5-15-11(16)10(13)7-3-4-9(14)8(12)6-7/h3-4,6,10H,2,5H2,1H3,(H,15,16). The molecule has 1 amide bonds. The van der Waals surface area contributed by atoms with E-state index in [2.05, 4.69) is 21.2 Å². The highest BCUT2D eigenvalue weighted by Crippen LogP contribution is 2.25. The molecule has 0 aliphatic carbocycles. The first-order chi connectivity index (χ1) is 7.56. The van der Waals surface area contributed by atoms with Crippen molar-refractivity contribution in [3.05, 3.63) is 34.1 Å². The molecule has 0 fully saturated rings. The molecule has 16 heavy (non-hydrogen) atoms. The fraction of sp³-hybridized carbons (Fsp3) is 0.364. The number of alkyl halides is 1. The zero-order valence-electron chi connectivity index (χ0n) is 8.77. The zero-order chi connectivity index (χ0) is 12.1. The normalized spacial score (nSPS) is 12.2. The largest absolute Gasteiger partial charge is 0.355 e. The Kier molecular flexibility index (Phi) is 5.22. The van der Waals surface area contributed by atoms with E-state index in [-0.39, 0.29) is 11.7 Å². The van der Waals surface area contributed by atoms with Crippen molar-refractivity contribution in [2.75, 3.05) is 6.54 Å². The van der Waals surface area contributed by atoms with Crippen LogP contribution in [0.25, 0.3) is 0 Å². The van der Waals surface area contributed by atoms with Crippen LogP contribution in [-0.2, 0) is 4.79 Å². The first-order valence-corrected chi connectivity index (χ1v) is 6.16. The number of amides is 1. The molecule has 0 bridgehead atoms. The molecule has 0 aliphatic heterocycles. The second kappa shape index (κ2) is 6.21. The Bertz CT molecular complexity index is 386. The predicted octanol–water partition coefficient (Wildman–Crippen LogP) is 3.39. The average molecular weight is 309 g/mol. The molecule has 5 heteroatoms. The van der Waals surface area contributed by atoms with E-state index >= 15 is 0 Å². The van der Waals surface area contributed by atoms with Crippen molar-refractivity contribution in [3.8, 4) is 0 Å². The lowest BCUT2D eigenvalue weighted by atomic mass is 10.1. The van der Waals surface area contributed by atoms with Gasteiger partial charge in [-0.05, 0) is 40.0 Å². The minimum atomic E-state index is -0.788. The highest BCUT2D eigenvalue weighted by molar-refractivity contribution is 9.10. The van der Waals surface area contributed by atoms with Crippen molar-refractivity contribution < 1.29 is 9.18 Å². The van der Waals surface area contributed by atoms with E-state index in [4.69, 9.17) is 11.6 Å². The van der Waals surface area contributed by atoms with Crippen molar-refractivity contribution in [2.24, 2.45) is 0 Å². The average Bonchev–Trinajstić information content (AvgIpc) is 2.28. The summed E-state index contributed by atoms with van der Waals surface area (Å²) in [5.74, 6) is -0.636. The molecule has 2 nitrogen and oxygen atoms in total. The van der Waals surface area contributed by atoms with Crippen LogP contribution in [0.15, 0.2) is 22.7 Å². The highest BCUT2D eigenvalue weighted by Gasteiger charge is 2.17. The Hall–Kier alpha value is -0.610. The Morgan fingerprint density at radius 2 is 2.31 bits per heavy atom. The van der Waals surface area contributed by atoms with Gasteiger partial charge in [0.15, 0.2) is 0 Å². The summed E-state index contributed by atoms with van der Waals surface area (Å²) < 4.78 is 13.3. The van der Waals surface area contributed by atoms with E-state index in [1.165, 1.54) is 18.2 Å². The number of carbonyl (C=O) groups excluding carboxylic acids is 1. The van der Waals surface area contributed by atoms with Crippen LogP contribution < -0.4 is 5.32 Å². The van der Waals surface area contributed by atoms with Crippen molar-refractivity contribution in [2.45, 2.75) is 18.7 Å². The van der Waals surface area contributed by atoms with Gasteiger partial charge in [0, 0.05) is 6.54 Å². The maximum Gasteiger partial charge on any atom is 0.242 e. The van der Waals surface area contributed by atoms with Gasteiger partial charge in [-0.25, -0.2) is 4.39 Å². The Morgan fingerprint density at radius 3 is 2.88 bits per heavy atom. The van der Waals surface area contributed by atoms with Crippen molar-refractivity contribution in [3.63, 3.8) is 0 Å². The highest BCUT2D eigenvalue weighted by atomic mass is 79.9. The quantitative estimate of drug-likeness (QED) is 0.849. The Morgan fingerprint density at radius 1 is 1.62 bits per heavy atom. The van der Waals surface area contributed by atoms with Crippen molar-refractivity contribution in [1.82, 2.24) is 5.32 Å². The molecule has 0 spiro atoms. The van der Waals surface area contributed by atoms with E-state index in [0.29, 0.717) is 16.6 Å². The molecule has 1 rings (SSSR count). The smallest absolute Gasteiger partial charge is 0.242 e. The molecule has 0 saturated carbocycles. The van der Waals surface area contributed by atoms with Crippen LogP contribution in [0.2, 0.25) is 0 Å². The van der Waals surface area contributed by atoms with Gasteiger partial charge in [-0.1, -0.05) is 13.0 Å². The summed E-state index contributed by atoms with van der Waals surface area (Å²) in [4.78, 5) is 11.5. The molecule has 1 aromatic carbocycles. The van der Waals surface area contributed by atoms with Crippen LogP contribution >= 0.6 is 27.5 Å². The zero-order valence-corrected chi connectivity index (χ0v) is 11.1. The first-order valence-electron chi connectivity index (χ1n) is 4.93. The second-order valence-electron chi connectivity index (χ2n) is 3.33. The number of carbonyl (C=O) groups is 1. The van der Waals surface area contributed by atoms with Gasteiger partial charge in [-0.3, -0.25) is 4.79 Å². The van der Waals surface area contributed by atoms with Crippen LogP contribution in [-0.4, -0.2) is 12.5 Å². The first kappa shape index (κ1) is 13.5. The number of halogens is 3. The summed E-state index contributed by atoms with van der Waals surface area (Å²) in [6, 6.07) is 4.30.